The van der Waals surface area contributed by atoms with Crippen LogP contribution in [0.4, 0.5) is 0 Å². The van der Waals surface area contributed by atoms with E-state index in [9.17, 15) is 4.79 Å². The number of hydrogen-bond acceptors (Lipinski definition) is 5. The van der Waals surface area contributed by atoms with E-state index in [1.165, 1.54) is 11.8 Å². The number of amides is 1. The molecule has 0 spiro atoms. The van der Waals surface area contributed by atoms with Crippen molar-refractivity contribution in [1.82, 2.24) is 25.5 Å². The van der Waals surface area contributed by atoms with Crippen LogP contribution >= 0.6 is 11.8 Å². The van der Waals surface area contributed by atoms with Gasteiger partial charge in [-0.3, -0.25) is 4.79 Å². The number of benzene rings is 1. The molecule has 0 unspecified atom stereocenters. The number of nitrogens with one attached hydrogen (secondary N) is 1. The van der Waals surface area contributed by atoms with E-state index in [0.29, 0.717) is 18.3 Å². The number of nitrogens with zero attached hydrogens (tertiary/aromatic N) is 4. The zero-order valence-electron chi connectivity index (χ0n) is 10.9. The molecule has 6 nitrogen and oxygen atoms in total. The summed E-state index contributed by atoms with van der Waals surface area (Å²) >= 11 is 1.38. The van der Waals surface area contributed by atoms with Crippen LogP contribution in [-0.2, 0) is 11.3 Å². The summed E-state index contributed by atoms with van der Waals surface area (Å²) < 4.78 is 1.81. The molecule has 0 bridgehead atoms. The van der Waals surface area contributed by atoms with Gasteiger partial charge in [0.2, 0.25) is 11.1 Å². The van der Waals surface area contributed by atoms with Crippen molar-refractivity contribution in [2.24, 2.45) is 0 Å². The topological polar surface area (TPSA) is 72.7 Å². The Morgan fingerprint density at radius 3 is 2.90 bits per heavy atom. The highest BCUT2D eigenvalue weighted by atomic mass is 32.2. The van der Waals surface area contributed by atoms with Crippen molar-refractivity contribution in [3.8, 4) is 0 Å². The highest BCUT2D eigenvalue weighted by Crippen LogP contribution is 2.36. The van der Waals surface area contributed by atoms with Gasteiger partial charge in [-0.25, -0.2) is 4.68 Å². The largest absolute Gasteiger partial charge is 0.351 e. The molecule has 3 rings (SSSR count). The van der Waals surface area contributed by atoms with Crippen LogP contribution < -0.4 is 5.32 Å². The standard InChI is InChI=1S/C13H15N5OS/c19-12(14-8-10-4-2-1-3-5-10)9-20-13-15-16-17-18(13)11-6-7-11/h1-5,11H,6-9H2,(H,14,19). The highest BCUT2D eigenvalue weighted by molar-refractivity contribution is 7.99. The van der Waals surface area contributed by atoms with E-state index in [1.807, 2.05) is 35.0 Å². The van der Waals surface area contributed by atoms with E-state index >= 15 is 0 Å². The molecule has 1 heterocycles. The molecule has 1 fully saturated rings. The molecule has 1 aliphatic carbocycles. The molecule has 1 saturated carbocycles. The van der Waals surface area contributed by atoms with E-state index in [-0.39, 0.29) is 5.91 Å². The minimum absolute atomic E-state index is 0.0100. The average molecular weight is 289 g/mol. The van der Waals surface area contributed by atoms with E-state index < -0.39 is 0 Å². The SMILES string of the molecule is O=C(CSc1nnnn1C1CC1)NCc1ccccc1. The molecule has 104 valence electrons. The first kappa shape index (κ1) is 13.1. The van der Waals surface area contributed by atoms with Gasteiger partial charge in [-0.2, -0.15) is 0 Å². The maximum Gasteiger partial charge on any atom is 0.230 e. The summed E-state index contributed by atoms with van der Waals surface area (Å²) in [6.45, 7) is 0.549. The first-order valence-corrected chi connectivity index (χ1v) is 7.53. The predicted octanol–water partition coefficient (Wildman–Crippen LogP) is 1.42. The second-order valence-corrected chi connectivity index (χ2v) is 5.63. The number of thioether (sulfide) groups is 1. The van der Waals surface area contributed by atoms with Crippen molar-refractivity contribution < 1.29 is 4.79 Å². The molecule has 0 saturated heterocycles. The number of tetrazole rings is 1. The molecule has 0 radical (unpaired) electrons. The number of carbonyl (C=O) groups is 1. The van der Waals surface area contributed by atoms with Gasteiger partial charge in [0, 0.05) is 6.54 Å². The van der Waals surface area contributed by atoms with Crippen LogP contribution in [0, 0.1) is 0 Å². The summed E-state index contributed by atoms with van der Waals surface area (Å²) in [5, 5.41) is 15.2. The zero-order chi connectivity index (χ0) is 13.8. The Bertz CT molecular complexity index is 581. The van der Waals surface area contributed by atoms with E-state index in [2.05, 4.69) is 20.8 Å². The van der Waals surface area contributed by atoms with Gasteiger partial charge in [0.25, 0.3) is 0 Å². The third-order valence-corrected chi connectivity index (χ3v) is 3.95. The Morgan fingerprint density at radius 1 is 1.35 bits per heavy atom. The van der Waals surface area contributed by atoms with Gasteiger partial charge in [0.05, 0.1) is 11.8 Å². The zero-order valence-corrected chi connectivity index (χ0v) is 11.7. The van der Waals surface area contributed by atoms with Crippen molar-refractivity contribution in [3.05, 3.63) is 35.9 Å². The molecule has 7 heteroatoms. The molecular weight excluding hydrogens is 274 g/mol. The fourth-order valence-corrected chi connectivity index (χ4v) is 2.58. The normalized spacial score (nSPS) is 14.2. The summed E-state index contributed by atoms with van der Waals surface area (Å²) in [5.74, 6) is 0.323. The minimum Gasteiger partial charge on any atom is -0.351 e. The van der Waals surface area contributed by atoms with Crippen molar-refractivity contribution >= 4 is 17.7 Å². The number of hydrogen-bond donors (Lipinski definition) is 1. The monoisotopic (exact) mass is 289 g/mol. The molecular formula is C13H15N5OS. The number of carbonyl (C=O) groups excluding carboxylic acids is 1. The Labute approximate surface area is 120 Å². The summed E-state index contributed by atoms with van der Waals surface area (Å²) in [6.07, 6.45) is 2.25. The van der Waals surface area contributed by atoms with Crippen LogP contribution in [0.5, 0.6) is 0 Å². The molecule has 1 aromatic carbocycles. The fraction of sp³-hybridized carbons (Fsp3) is 0.385. The van der Waals surface area contributed by atoms with Crippen LogP contribution in [0.25, 0.3) is 0 Å². The van der Waals surface area contributed by atoms with Crippen LogP contribution in [0.15, 0.2) is 35.5 Å². The Kier molecular flexibility index (Phi) is 3.96. The van der Waals surface area contributed by atoms with Gasteiger partial charge in [-0.05, 0) is 28.8 Å². The number of rotatable bonds is 6. The van der Waals surface area contributed by atoms with Gasteiger partial charge in [0.1, 0.15) is 0 Å². The average Bonchev–Trinajstić information content (AvgIpc) is 3.22. The van der Waals surface area contributed by atoms with Gasteiger partial charge in [0.15, 0.2) is 0 Å². The van der Waals surface area contributed by atoms with E-state index in [0.717, 1.165) is 23.6 Å². The maximum atomic E-state index is 11.8. The molecule has 1 aliphatic rings. The molecule has 20 heavy (non-hydrogen) atoms. The van der Waals surface area contributed by atoms with E-state index in [4.69, 9.17) is 0 Å². The summed E-state index contributed by atoms with van der Waals surface area (Å²) in [4.78, 5) is 11.8. The third-order valence-electron chi connectivity index (χ3n) is 3.02. The van der Waals surface area contributed by atoms with Crippen molar-refractivity contribution in [2.75, 3.05) is 5.75 Å². The fourth-order valence-electron chi connectivity index (χ4n) is 1.81. The molecule has 1 aromatic heterocycles. The smallest absolute Gasteiger partial charge is 0.230 e. The summed E-state index contributed by atoms with van der Waals surface area (Å²) in [7, 11) is 0. The van der Waals surface area contributed by atoms with Gasteiger partial charge in [-0.1, -0.05) is 42.1 Å². The molecule has 1 amide bonds. The second-order valence-electron chi connectivity index (χ2n) is 4.69. The lowest BCUT2D eigenvalue weighted by Crippen LogP contribution is -2.24. The third kappa shape index (κ3) is 3.36. The maximum absolute atomic E-state index is 11.8. The lowest BCUT2D eigenvalue weighted by molar-refractivity contribution is -0.118. The predicted molar refractivity (Wildman–Crippen MR) is 75.1 cm³/mol. The Hall–Kier alpha value is -1.89. The molecule has 0 atom stereocenters. The first-order chi connectivity index (χ1) is 9.83. The molecule has 0 aliphatic heterocycles. The number of aromatic nitrogens is 4. The van der Waals surface area contributed by atoms with E-state index in [1.54, 1.807) is 0 Å². The first-order valence-electron chi connectivity index (χ1n) is 6.54. The minimum atomic E-state index is -0.0100. The van der Waals surface area contributed by atoms with Crippen LogP contribution in [0.3, 0.4) is 0 Å². The van der Waals surface area contributed by atoms with Crippen LogP contribution in [0.1, 0.15) is 24.4 Å². The molecule has 1 N–H and O–H groups in total. The lowest BCUT2D eigenvalue weighted by atomic mass is 10.2. The van der Waals surface area contributed by atoms with Crippen molar-refractivity contribution in [2.45, 2.75) is 30.6 Å². The van der Waals surface area contributed by atoms with Gasteiger partial charge in [-0.15, -0.1) is 5.10 Å². The van der Waals surface area contributed by atoms with Gasteiger partial charge < -0.3 is 5.32 Å². The quantitative estimate of drug-likeness (QED) is 0.814. The van der Waals surface area contributed by atoms with Crippen LogP contribution in [-0.4, -0.2) is 31.9 Å². The van der Waals surface area contributed by atoms with Crippen molar-refractivity contribution in [1.29, 1.82) is 0 Å². The molecule has 2 aromatic rings. The van der Waals surface area contributed by atoms with Gasteiger partial charge >= 0.3 is 0 Å². The van der Waals surface area contributed by atoms with Crippen LogP contribution in [0.2, 0.25) is 0 Å². The second kappa shape index (κ2) is 6.04. The Balaban J connectivity index is 1.46. The lowest BCUT2D eigenvalue weighted by Gasteiger charge is -2.05. The highest BCUT2D eigenvalue weighted by Gasteiger charge is 2.28. The Morgan fingerprint density at radius 2 is 2.15 bits per heavy atom. The summed E-state index contributed by atoms with van der Waals surface area (Å²) in [5.41, 5.74) is 1.09. The summed E-state index contributed by atoms with van der Waals surface area (Å²) in [6, 6.07) is 10.3. The van der Waals surface area contributed by atoms with Crippen molar-refractivity contribution in [3.63, 3.8) is 0 Å².